The number of nitrogens with one attached hydrogen (secondary N) is 1. The number of amides is 1. The third-order valence-electron chi connectivity index (χ3n) is 2.84. The molecule has 0 aliphatic carbocycles. The Kier molecular flexibility index (Phi) is 3.76. The number of fused-ring (bicyclic) bond motifs is 1. The Morgan fingerprint density at radius 3 is 2.52 bits per heavy atom. The zero-order valence-electron chi connectivity index (χ0n) is 10.4. The lowest BCUT2D eigenvalue weighted by Crippen LogP contribution is -2.12. The van der Waals surface area contributed by atoms with Crippen LogP contribution in [0.2, 0.25) is 15.1 Å². The second-order valence-corrected chi connectivity index (χ2v) is 5.48. The molecule has 0 aliphatic rings. The van der Waals surface area contributed by atoms with Gasteiger partial charge < -0.3 is 9.73 Å². The average Bonchev–Trinajstić information content (AvgIpc) is 2.89. The third kappa shape index (κ3) is 2.83. The van der Waals surface area contributed by atoms with E-state index in [1.165, 1.54) is 18.5 Å². The summed E-state index contributed by atoms with van der Waals surface area (Å²) >= 11 is 17.9. The van der Waals surface area contributed by atoms with E-state index in [2.05, 4.69) is 10.3 Å². The lowest BCUT2D eigenvalue weighted by molar-refractivity contribution is 0.102. The van der Waals surface area contributed by atoms with Crippen molar-refractivity contribution in [1.29, 1.82) is 0 Å². The number of anilines is 1. The third-order valence-corrected chi connectivity index (χ3v) is 3.65. The molecule has 0 bridgehead atoms. The van der Waals surface area contributed by atoms with Crippen molar-refractivity contribution in [3.05, 3.63) is 57.4 Å². The highest BCUT2D eigenvalue weighted by atomic mass is 35.5. The molecule has 0 spiro atoms. The molecule has 0 aliphatic heterocycles. The van der Waals surface area contributed by atoms with Gasteiger partial charge in [-0.05, 0) is 30.3 Å². The zero-order chi connectivity index (χ0) is 15.0. The number of carbonyl (C=O) groups is 1. The summed E-state index contributed by atoms with van der Waals surface area (Å²) in [5.74, 6) is -0.356. The minimum Gasteiger partial charge on any atom is -0.443 e. The molecule has 1 heterocycles. The maximum absolute atomic E-state index is 12.2. The summed E-state index contributed by atoms with van der Waals surface area (Å²) in [5.41, 5.74) is 1.93. The normalized spacial score (nSPS) is 10.8. The highest BCUT2D eigenvalue weighted by molar-refractivity contribution is 6.42. The number of benzene rings is 2. The van der Waals surface area contributed by atoms with Gasteiger partial charge in [0.05, 0.1) is 15.7 Å². The summed E-state index contributed by atoms with van der Waals surface area (Å²) in [5, 5.41) is 3.59. The maximum atomic E-state index is 12.2. The van der Waals surface area contributed by atoms with Crippen LogP contribution in [0.1, 0.15) is 10.4 Å². The van der Waals surface area contributed by atoms with E-state index in [0.717, 1.165) is 0 Å². The molecule has 3 rings (SSSR count). The summed E-state index contributed by atoms with van der Waals surface area (Å²) in [4.78, 5) is 16.2. The van der Waals surface area contributed by atoms with E-state index < -0.39 is 0 Å². The molecule has 2 aromatic carbocycles. The van der Waals surface area contributed by atoms with Gasteiger partial charge in [-0.1, -0.05) is 34.8 Å². The van der Waals surface area contributed by atoms with Gasteiger partial charge in [0.2, 0.25) is 0 Å². The van der Waals surface area contributed by atoms with Crippen molar-refractivity contribution in [2.24, 2.45) is 0 Å². The molecule has 0 saturated heterocycles. The SMILES string of the molecule is O=C(Nc1c(Cl)cc(Cl)cc1Cl)c1ccc2ocnc2c1. The van der Waals surface area contributed by atoms with Crippen LogP contribution in [0, 0.1) is 0 Å². The summed E-state index contributed by atoms with van der Waals surface area (Å²) in [6.45, 7) is 0. The van der Waals surface area contributed by atoms with Gasteiger partial charge in [-0.25, -0.2) is 4.98 Å². The summed E-state index contributed by atoms with van der Waals surface area (Å²) < 4.78 is 5.12. The highest BCUT2D eigenvalue weighted by Gasteiger charge is 2.13. The Morgan fingerprint density at radius 2 is 1.81 bits per heavy atom. The molecule has 0 saturated carbocycles. The number of aromatic nitrogens is 1. The van der Waals surface area contributed by atoms with Crippen LogP contribution in [0.3, 0.4) is 0 Å². The van der Waals surface area contributed by atoms with E-state index in [4.69, 9.17) is 39.2 Å². The highest BCUT2D eigenvalue weighted by Crippen LogP contribution is 2.34. The molecule has 0 radical (unpaired) electrons. The van der Waals surface area contributed by atoms with Gasteiger partial charge in [-0.3, -0.25) is 4.79 Å². The van der Waals surface area contributed by atoms with Crippen molar-refractivity contribution in [3.63, 3.8) is 0 Å². The molecular weight excluding hydrogens is 335 g/mol. The Hall–Kier alpha value is -1.75. The molecule has 0 atom stereocenters. The van der Waals surface area contributed by atoms with Crippen molar-refractivity contribution in [1.82, 2.24) is 4.98 Å². The van der Waals surface area contributed by atoms with Crippen LogP contribution >= 0.6 is 34.8 Å². The first-order chi connectivity index (χ1) is 10.0. The molecule has 1 aromatic heterocycles. The van der Waals surface area contributed by atoms with Gasteiger partial charge in [0.1, 0.15) is 5.52 Å². The lowest BCUT2D eigenvalue weighted by atomic mass is 10.2. The van der Waals surface area contributed by atoms with Crippen LogP contribution in [0.5, 0.6) is 0 Å². The van der Waals surface area contributed by atoms with E-state index in [-0.39, 0.29) is 16.0 Å². The molecule has 1 amide bonds. The van der Waals surface area contributed by atoms with Gasteiger partial charge in [-0.2, -0.15) is 0 Å². The van der Waals surface area contributed by atoms with Crippen molar-refractivity contribution >= 4 is 57.5 Å². The summed E-state index contributed by atoms with van der Waals surface area (Å²) in [6, 6.07) is 7.92. The van der Waals surface area contributed by atoms with Crippen molar-refractivity contribution in [3.8, 4) is 0 Å². The van der Waals surface area contributed by atoms with E-state index in [1.54, 1.807) is 18.2 Å². The Morgan fingerprint density at radius 1 is 1.10 bits per heavy atom. The molecule has 0 unspecified atom stereocenters. The van der Waals surface area contributed by atoms with Gasteiger partial charge in [0.25, 0.3) is 5.91 Å². The first-order valence-corrected chi connectivity index (χ1v) is 6.97. The zero-order valence-corrected chi connectivity index (χ0v) is 12.6. The van der Waals surface area contributed by atoms with E-state index >= 15 is 0 Å². The van der Waals surface area contributed by atoms with Crippen molar-refractivity contribution in [2.75, 3.05) is 5.32 Å². The monoisotopic (exact) mass is 340 g/mol. The summed E-state index contributed by atoms with van der Waals surface area (Å²) in [6.07, 6.45) is 1.32. The van der Waals surface area contributed by atoms with Crippen molar-refractivity contribution in [2.45, 2.75) is 0 Å². The van der Waals surface area contributed by atoms with E-state index in [9.17, 15) is 4.79 Å². The minimum atomic E-state index is -0.356. The molecule has 3 aromatic rings. The number of rotatable bonds is 2. The molecule has 21 heavy (non-hydrogen) atoms. The minimum absolute atomic E-state index is 0.267. The largest absolute Gasteiger partial charge is 0.443 e. The van der Waals surface area contributed by atoms with Gasteiger partial charge in [-0.15, -0.1) is 0 Å². The predicted octanol–water partition coefficient (Wildman–Crippen LogP) is 5.04. The van der Waals surface area contributed by atoms with Crippen LogP contribution in [0.25, 0.3) is 11.1 Å². The average molecular weight is 342 g/mol. The number of oxazole rings is 1. The molecule has 1 N–H and O–H groups in total. The number of halogens is 3. The standard InChI is InChI=1S/C14H7Cl3N2O2/c15-8-4-9(16)13(10(17)5-8)19-14(20)7-1-2-12-11(3-7)18-6-21-12/h1-6H,(H,19,20). The fraction of sp³-hybridized carbons (Fsp3) is 0. The second kappa shape index (κ2) is 5.56. The number of hydrogen-bond acceptors (Lipinski definition) is 3. The van der Waals surface area contributed by atoms with Crippen LogP contribution < -0.4 is 5.32 Å². The number of carbonyl (C=O) groups excluding carboxylic acids is 1. The molecule has 4 nitrogen and oxygen atoms in total. The second-order valence-electron chi connectivity index (χ2n) is 4.23. The fourth-order valence-corrected chi connectivity index (χ4v) is 2.76. The molecule has 106 valence electrons. The molecular formula is C14H7Cl3N2O2. The maximum Gasteiger partial charge on any atom is 0.255 e. The topological polar surface area (TPSA) is 55.1 Å². The quantitative estimate of drug-likeness (QED) is 0.710. The molecule has 0 fully saturated rings. The van der Waals surface area contributed by atoms with Gasteiger partial charge in [0.15, 0.2) is 12.0 Å². The Bertz CT molecular complexity index is 822. The Labute approximate surface area is 134 Å². The lowest BCUT2D eigenvalue weighted by Gasteiger charge is -2.09. The van der Waals surface area contributed by atoms with Crippen molar-refractivity contribution < 1.29 is 9.21 Å². The van der Waals surface area contributed by atoms with Crippen LogP contribution in [-0.2, 0) is 0 Å². The first kappa shape index (κ1) is 14.2. The smallest absolute Gasteiger partial charge is 0.255 e. The van der Waals surface area contributed by atoms with Crippen LogP contribution in [0.15, 0.2) is 41.1 Å². The van der Waals surface area contributed by atoms with Crippen LogP contribution in [-0.4, -0.2) is 10.9 Å². The number of nitrogens with zero attached hydrogens (tertiary/aromatic N) is 1. The van der Waals surface area contributed by atoms with Gasteiger partial charge >= 0.3 is 0 Å². The van der Waals surface area contributed by atoms with E-state index in [1.807, 2.05) is 0 Å². The van der Waals surface area contributed by atoms with Crippen LogP contribution in [0.4, 0.5) is 5.69 Å². The fourth-order valence-electron chi connectivity index (χ4n) is 1.85. The van der Waals surface area contributed by atoms with Gasteiger partial charge in [0, 0.05) is 10.6 Å². The Balaban J connectivity index is 1.92. The molecule has 7 heteroatoms. The first-order valence-electron chi connectivity index (χ1n) is 5.84. The summed E-state index contributed by atoms with van der Waals surface area (Å²) in [7, 11) is 0. The van der Waals surface area contributed by atoms with E-state index in [0.29, 0.717) is 27.4 Å². The predicted molar refractivity (Wildman–Crippen MR) is 83.4 cm³/mol. The number of hydrogen-bond donors (Lipinski definition) is 1.